The van der Waals surface area contributed by atoms with Crippen LogP contribution in [0.5, 0.6) is 5.75 Å². The van der Waals surface area contributed by atoms with Gasteiger partial charge in [0.15, 0.2) is 11.7 Å². The van der Waals surface area contributed by atoms with Crippen LogP contribution in [0.25, 0.3) is 11.1 Å². The van der Waals surface area contributed by atoms with Gasteiger partial charge in [-0.3, -0.25) is 4.79 Å². The molecule has 0 spiro atoms. The van der Waals surface area contributed by atoms with Gasteiger partial charge in [-0.05, 0) is 35.4 Å². The minimum atomic E-state index is -0.389. The zero-order valence-electron chi connectivity index (χ0n) is 13.2. The largest absolute Gasteiger partial charge is 0.484 e. The Morgan fingerprint density at radius 1 is 1.04 bits per heavy atom. The maximum absolute atomic E-state index is 12.8. The molecule has 0 saturated carbocycles. The molecule has 1 N–H and O–H groups in total. The van der Waals surface area contributed by atoms with Gasteiger partial charge < -0.3 is 4.74 Å². The van der Waals surface area contributed by atoms with Gasteiger partial charge in [0.05, 0.1) is 11.1 Å². The van der Waals surface area contributed by atoms with E-state index in [9.17, 15) is 9.18 Å². The first-order chi connectivity index (χ1) is 12.2. The normalized spacial score (nSPS) is 10.8. The molecule has 126 valence electrons. The topological polar surface area (TPSA) is 50.7 Å². The molecule has 0 aliphatic rings. The molecular weight excluding hydrogens is 339 g/mol. The van der Waals surface area contributed by atoms with Crippen molar-refractivity contribution >= 4 is 23.5 Å². The molecule has 1 amide bonds. The average Bonchev–Trinajstić information content (AvgIpc) is 3.06. The van der Waals surface area contributed by atoms with E-state index in [0.717, 1.165) is 22.5 Å². The molecule has 1 heterocycles. The summed E-state index contributed by atoms with van der Waals surface area (Å²) in [6, 6.07) is 20.4. The van der Waals surface area contributed by atoms with Crippen molar-refractivity contribution < 1.29 is 13.9 Å². The van der Waals surface area contributed by atoms with Gasteiger partial charge in [-0.25, -0.2) is 5.43 Å². The number of hydrogen-bond donors (Lipinski definition) is 1. The molecule has 3 aromatic rings. The number of thiophene rings is 1. The number of ether oxygens (including phenoxy) is 1. The van der Waals surface area contributed by atoms with Crippen LogP contribution in [0.2, 0.25) is 0 Å². The molecule has 4 nitrogen and oxygen atoms in total. The zero-order valence-corrected chi connectivity index (χ0v) is 14.0. The van der Waals surface area contributed by atoms with Crippen molar-refractivity contribution in [3.8, 4) is 16.9 Å². The van der Waals surface area contributed by atoms with Crippen molar-refractivity contribution in [2.45, 2.75) is 0 Å². The van der Waals surface area contributed by atoms with Crippen molar-refractivity contribution in [3.63, 3.8) is 0 Å². The van der Waals surface area contributed by atoms with Crippen molar-refractivity contribution in [2.24, 2.45) is 5.10 Å². The number of carbonyl (C=O) groups is 1. The van der Waals surface area contributed by atoms with Crippen LogP contribution in [-0.2, 0) is 4.79 Å². The van der Waals surface area contributed by atoms with Crippen LogP contribution in [0.15, 0.2) is 71.8 Å². The Labute approximate surface area is 148 Å². The monoisotopic (exact) mass is 354 g/mol. The van der Waals surface area contributed by atoms with Crippen molar-refractivity contribution in [3.05, 3.63) is 76.7 Å². The summed E-state index contributed by atoms with van der Waals surface area (Å²) in [6.07, 6.45) is 1.39. The highest BCUT2D eigenvalue weighted by Gasteiger charge is 2.03. The summed E-state index contributed by atoms with van der Waals surface area (Å²) in [7, 11) is 0. The fraction of sp³-hybridized carbons (Fsp3) is 0.0526. The van der Waals surface area contributed by atoms with E-state index in [1.54, 1.807) is 6.07 Å². The number of amides is 1. The number of benzene rings is 2. The number of halogens is 1. The first kappa shape index (κ1) is 16.9. The van der Waals surface area contributed by atoms with Gasteiger partial charge in [0, 0.05) is 0 Å². The van der Waals surface area contributed by atoms with Gasteiger partial charge in [-0.2, -0.15) is 9.49 Å². The summed E-state index contributed by atoms with van der Waals surface area (Å²) in [6.45, 7) is -0.152. The second-order valence-corrected chi connectivity index (χ2v) is 6.18. The molecule has 6 heteroatoms. The third-order valence-corrected chi connectivity index (χ3v) is 4.11. The van der Waals surface area contributed by atoms with Gasteiger partial charge in [-0.15, -0.1) is 11.3 Å². The Morgan fingerprint density at radius 2 is 1.76 bits per heavy atom. The molecule has 0 aliphatic heterocycles. The standard InChI is InChI=1S/C19H15FN2O2S/c20-18-11-10-17(25-18)12-21-22-19(23)13-24-16-8-6-15(7-9-16)14-4-2-1-3-5-14/h1-12H,13H2,(H,22,23)/b21-12+. The van der Waals surface area contributed by atoms with E-state index in [-0.39, 0.29) is 17.6 Å². The van der Waals surface area contributed by atoms with Crippen molar-refractivity contribution in [1.82, 2.24) is 5.43 Å². The zero-order chi connectivity index (χ0) is 17.5. The van der Waals surface area contributed by atoms with Gasteiger partial charge in [0.2, 0.25) is 0 Å². The average molecular weight is 354 g/mol. The summed E-state index contributed by atoms with van der Waals surface area (Å²) in [5, 5.41) is 3.46. The quantitative estimate of drug-likeness (QED) is 0.536. The summed E-state index contributed by atoms with van der Waals surface area (Å²) >= 11 is 0.951. The Hall–Kier alpha value is -2.99. The number of hydrogen-bond acceptors (Lipinski definition) is 4. The van der Waals surface area contributed by atoms with Crippen molar-refractivity contribution in [1.29, 1.82) is 0 Å². The lowest BCUT2D eigenvalue weighted by molar-refractivity contribution is -0.123. The lowest BCUT2D eigenvalue weighted by Crippen LogP contribution is -2.24. The van der Waals surface area contributed by atoms with Crippen LogP contribution < -0.4 is 10.2 Å². The van der Waals surface area contributed by atoms with E-state index < -0.39 is 0 Å². The van der Waals surface area contributed by atoms with E-state index in [4.69, 9.17) is 4.74 Å². The number of hydrazone groups is 1. The maximum atomic E-state index is 12.8. The highest BCUT2D eigenvalue weighted by Crippen LogP contribution is 2.21. The number of nitrogens with one attached hydrogen (secondary N) is 1. The molecule has 1 aromatic heterocycles. The Balaban J connectivity index is 1.48. The maximum Gasteiger partial charge on any atom is 0.277 e. The van der Waals surface area contributed by atoms with E-state index in [1.807, 2.05) is 54.6 Å². The van der Waals surface area contributed by atoms with Crippen LogP contribution in [0.4, 0.5) is 4.39 Å². The van der Waals surface area contributed by atoms with Crippen LogP contribution in [-0.4, -0.2) is 18.7 Å². The Morgan fingerprint density at radius 3 is 2.44 bits per heavy atom. The summed E-state index contributed by atoms with van der Waals surface area (Å²) < 4.78 is 18.2. The predicted octanol–water partition coefficient (Wildman–Crippen LogP) is 4.08. The lowest BCUT2D eigenvalue weighted by Gasteiger charge is -2.06. The van der Waals surface area contributed by atoms with Crippen LogP contribution in [0, 0.1) is 5.13 Å². The summed E-state index contributed by atoms with van der Waals surface area (Å²) in [5.41, 5.74) is 4.53. The minimum absolute atomic E-state index is 0.152. The third kappa shape index (κ3) is 4.99. The fourth-order valence-electron chi connectivity index (χ4n) is 2.12. The summed E-state index contributed by atoms with van der Waals surface area (Å²) in [5.74, 6) is 0.208. The molecule has 0 saturated heterocycles. The SMILES string of the molecule is O=C(COc1ccc(-c2ccccc2)cc1)N/N=C/c1ccc(F)s1. The molecule has 0 unspecified atom stereocenters. The second kappa shape index (κ2) is 8.21. The molecule has 0 aliphatic carbocycles. The van der Waals surface area contributed by atoms with Gasteiger partial charge in [-0.1, -0.05) is 42.5 Å². The first-order valence-electron chi connectivity index (χ1n) is 7.56. The van der Waals surface area contributed by atoms with Crippen LogP contribution in [0.3, 0.4) is 0 Å². The van der Waals surface area contributed by atoms with Gasteiger partial charge in [0.25, 0.3) is 5.91 Å². The van der Waals surface area contributed by atoms with Gasteiger partial charge >= 0.3 is 0 Å². The van der Waals surface area contributed by atoms with Gasteiger partial charge in [0.1, 0.15) is 5.75 Å². The molecule has 0 radical (unpaired) electrons. The van der Waals surface area contributed by atoms with E-state index >= 15 is 0 Å². The smallest absolute Gasteiger partial charge is 0.277 e. The van der Waals surface area contributed by atoms with Crippen molar-refractivity contribution in [2.75, 3.05) is 6.61 Å². The molecule has 0 fully saturated rings. The predicted molar refractivity (Wildman–Crippen MR) is 97.4 cm³/mol. The first-order valence-corrected chi connectivity index (χ1v) is 8.38. The van der Waals surface area contributed by atoms with E-state index in [0.29, 0.717) is 10.6 Å². The second-order valence-electron chi connectivity index (χ2n) is 5.11. The molecule has 3 rings (SSSR count). The fourth-order valence-corrected chi connectivity index (χ4v) is 2.72. The molecule has 25 heavy (non-hydrogen) atoms. The Kier molecular flexibility index (Phi) is 5.53. The van der Waals surface area contributed by atoms with E-state index in [2.05, 4.69) is 10.5 Å². The number of carbonyl (C=O) groups excluding carboxylic acids is 1. The summed E-state index contributed by atoms with van der Waals surface area (Å²) in [4.78, 5) is 12.3. The van der Waals surface area contributed by atoms with Crippen LogP contribution >= 0.6 is 11.3 Å². The highest BCUT2D eigenvalue weighted by molar-refractivity contribution is 7.12. The van der Waals surface area contributed by atoms with Crippen LogP contribution in [0.1, 0.15) is 4.88 Å². The number of nitrogens with zero attached hydrogens (tertiary/aromatic N) is 1. The third-order valence-electron chi connectivity index (χ3n) is 3.31. The highest BCUT2D eigenvalue weighted by atomic mass is 32.1. The lowest BCUT2D eigenvalue weighted by atomic mass is 10.1. The molecule has 2 aromatic carbocycles. The Bertz CT molecular complexity index is 861. The molecular formula is C19H15FN2O2S. The number of rotatable bonds is 6. The molecule has 0 atom stereocenters. The minimum Gasteiger partial charge on any atom is -0.484 e. The molecule has 0 bridgehead atoms. The van der Waals surface area contributed by atoms with E-state index in [1.165, 1.54) is 12.3 Å².